The zero-order chi connectivity index (χ0) is 11.8. The van der Waals surface area contributed by atoms with Crippen molar-refractivity contribution in [3.8, 4) is 0 Å². The summed E-state index contributed by atoms with van der Waals surface area (Å²) in [6.45, 7) is 9.93. The second kappa shape index (κ2) is 6.81. The smallest absolute Gasteiger partial charge is 0.345 e. The Labute approximate surface area is 89.8 Å². The van der Waals surface area contributed by atoms with Gasteiger partial charge >= 0.3 is 5.69 Å². The lowest BCUT2D eigenvalue weighted by Crippen LogP contribution is -2.07. The number of hydrogen-bond donors (Lipinski definition) is 2. The normalized spacial score (nSPS) is 8.60. The Morgan fingerprint density at radius 3 is 2.33 bits per heavy atom. The molecule has 0 saturated carbocycles. The summed E-state index contributed by atoms with van der Waals surface area (Å²) in [5.41, 5.74) is 1.44. The lowest BCUT2D eigenvalue weighted by atomic mass is 10.4. The maximum Gasteiger partial charge on any atom is 0.346 e. The average Bonchev–Trinajstić information content (AvgIpc) is 2.63. The maximum absolute atomic E-state index is 10.7. The van der Waals surface area contributed by atoms with E-state index in [0.717, 1.165) is 16.7 Å². The van der Waals surface area contributed by atoms with Crippen LogP contribution in [0, 0.1) is 6.92 Å². The number of aryl methyl sites for hydroxylation is 1. The van der Waals surface area contributed by atoms with E-state index in [0.29, 0.717) is 0 Å². The van der Waals surface area contributed by atoms with Crippen LogP contribution >= 0.6 is 0 Å². The van der Waals surface area contributed by atoms with Gasteiger partial charge in [0.15, 0.2) is 0 Å². The van der Waals surface area contributed by atoms with Gasteiger partial charge in [0.05, 0.1) is 0 Å². The molecule has 2 rings (SSSR count). The fourth-order valence-electron chi connectivity index (χ4n) is 1.08. The highest BCUT2D eigenvalue weighted by molar-refractivity contribution is 5.74. The van der Waals surface area contributed by atoms with Crippen molar-refractivity contribution >= 4 is 11.0 Å². The van der Waals surface area contributed by atoms with Crippen LogP contribution in [0.3, 0.4) is 0 Å². The van der Waals surface area contributed by atoms with Crippen molar-refractivity contribution in [3.05, 3.63) is 28.4 Å². The molecule has 0 unspecified atom stereocenters. The van der Waals surface area contributed by atoms with E-state index in [4.69, 9.17) is 0 Å². The van der Waals surface area contributed by atoms with Gasteiger partial charge in [-0.05, 0) is 13.0 Å². The van der Waals surface area contributed by atoms with Gasteiger partial charge in [-0.15, -0.1) is 0 Å². The van der Waals surface area contributed by atoms with Crippen molar-refractivity contribution in [2.45, 2.75) is 34.6 Å². The number of hydrogen-bond acceptors (Lipinski definition) is 2. The first-order valence-electron chi connectivity index (χ1n) is 5.30. The minimum absolute atomic E-state index is 0.320. The largest absolute Gasteiger partial charge is 0.346 e. The summed E-state index contributed by atoms with van der Waals surface area (Å²) >= 11 is 0. The van der Waals surface area contributed by atoms with Gasteiger partial charge in [-0.2, -0.15) is 0 Å². The first-order chi connectivity index (χ1) is 7.25. The van der Waals surface area contributed by atoms with Crippen molar-refractivity contribution in [2.75, 3.05) is 0 Å². The fourth-order valence-corrected chi connectivity index (χ4v) is 1.08. The van der Waals surface area contributed by atoms with E-state index >= 15 is 0 Å². The zero-order valence-corrected chi connectivity index (χ0v) is 10.0. The first-order valence-corrected chi connectivity index (χ1v) is 5.30. The summed E-state index contributed by atoms with van der Waals surface area (Å²) in [4.78, 5) is 19.9. The van der Waals surface area contributed by atoms with Crippen LogP contribution in [0.15, 0.2) is 17.1 Å². The van der Waals surface area contributed by atoms with Crippen LogP contribution in [-0.4, -0.2) is 15.0 Å². The Morgan fingerprint density at radius 2 is 1.73 bits per heavy atom. The summed E-state index contributed by atoms with van der Waals surface area (Å²) in [7, 11) is 0. The number of nitrogens with one attached hydrogen (secondary N) is 2. The topological polar surface area (TPSA) is 61.5 Å². The highest BCUT2D eigenvalue weighted by Gasteiger charge is 1.96. The lowest BCUT2D eigenvalue weighted by Gasteiger charge is -1.84. The van der Waals surface area contributed by atoms with Crippen LogP contribution in [0.5, 0.6) is 0 Å². The van der Waals surface area contributed by atoms with Crippen LogP contribution in [0.2, 0.25) is 0 Å². The summed E-state index contributed by atoms with van der Waals surface area (Å²) in [6.07, 6.45) is 1.55. The Bertz CT molecular complexity index is 442. The predicted octanol–water partition coefficient (Wildman–Crippen LogP) is 2.61. The fraction of sp³-hybridized carbons (Fsp3) is 0.455. The van der Waals surface area contributed by atoms with E-state index in [1.807, 2.05) is 40.7 Å². The van der Waals surface area contributed by atoms with E-state index in [-0.39, 0.29) is 5.69 Å². The molecule has 15 heavy (non-hydrogen) atoms. The molecule has 2 heterocycles. The Hall–Kier alpha value is -1.58. The SMILES string of the molecule is CC.CC.Cc1cc2cnc(=O)[nH]c2[nH]1. The molecule has 2 aromatic rings. The number of rotatable bonds is 0. The van der Waals surface area contributed by atoms with Crippen LogP contribution in [0.25, 0.3) is 11.0 Å². The molecule has 0 radical (unpaired) electrons. The second-order valence-electron chi connectivity index (χ2n) is 2.47. The molecule has 0 saturated heterocycles. The molecule has 0 fully saturated rings. The summed E-state index contributed by atoms with van der Waals surface area (Å²) < 4.78 is 0. The minimum atomic E-state index is -0.320. The first kappa shape index (κ1) is 13.4. The third kappa shape index (κ3) is 3.58. The molecular formula is C11H19N3O. The summed E-state index contributed by atoms with van der Waals surface area (Å²) in [5, 5.41) is 0.933. The molecule has 0 atom stereocenters. The van der Waals surface area contributed by atoms with Gasteiger partial charge < -0.3 is 4.98 Å². The van der Waals surface area contributed by atoms with Gasteiger partial charge in [0.2, 0.25) is 0 Å². The standard InChI is InChI=1S/C7H7N3O.2C2H6/c1-4-2-5-3-8-7(11)10-6(5)9-4;2*1-2/h2-3H,1H3,(H2,8,9,10,11);2*1-2H3. The average molecular weight is 209 g/mol. The van der Waals surface area contributed by atoms with Crippen molar-refractivity contribution < 1.29 is 0 Å². The van der Waals surface area contributed by atoms with E-state index < -0.39 is 0 Å². The number of H-pyrrole nitrogens is 2. The molecule has 2 N–H and O–H groups in total. The van der Waals surface area contributed by atoms with Gasteiger partial charge in [-0.1, -0.05) is 27.7 Å². The molecule has 0 spiro atoms. The van der Waals surface area contributed by atoms with E-state index in [2.05, 4.69) is 15.0 Å². The van der Waals surface area contributed by atoms with Gasteiger partial charge in [0.25, 0.3) is 0 Å². The molecule has 4 heteroatoms. The van der Waals surface area contributed by atoms with Crippen molar-refractivity contribution in [1.29, 1.82) is 0 Å². The molecule has 0 amide bonds. The predicted molar refractivity (Wildman–Crippen MR) is 64.1 cm³/mol. The molecule has 0 bridgehead atoms. The Morgan fingerprint density at radius 1 is 1.13 bits per heavy atom. The maximum atomic E-state index is 10.7. The van der Waals surface area contributed by atoms with E-state index in [1.54, 1.807) is 6.20 Å². The second-order valence-corrected chi connectivity index (χ2v) is 2.47. The highest BCUT2D eigenvalue weighted by atomic mass is 16.1. The summed E-state index contributed by atoms with van der Waals surface area (Å²) in [5.74, 6) is 0. The van der Waals surface area contributed by atoms with Gasteiger partial charge in [-0.25, -0.2) is 9.78 Å². The quantitative estimate of drug-likeness (QED) is 0.700. The third-order valence-electron chi connectivity index (χ3n) is 1.54. The van der Waals surface area contributed by atoms with Crippen LogP contribution in [-0.2, 0) is 0 Å². The number of aromatic amines is 2. The van der Waals surface area contributed by atoms with Crippen molar-refractivity contribution in [1.82, 2.24) is 15.0 Å². The molecule has 0 aliphatic rings. The molecule has 0 aliphatic carbocycles. The van der Waals surface area contributed by atoms with Crippen molar-refractivity contribution in [3.63, 3.8) is 0 Å². The molecular weight excluding hydrogens is 190 g/mol. The number of nitrogens with zero attached hydrogens (tertiary/aromatic N) is 1. The number of aromatic nitrogens is 3. The van der Waals surface area contributed by atoms with E-state index in [9.17, 15) is 4.79 Å². The highest BCUT2D eigenvalue weighted by Crippen LogP contribution is 2.07. The molecule has 84 valence electrons. The lowest BCUT2D eigenvalue weighted by molar-refractivity contribution is 1.10. The molecule has 0 aliphatic heterocycles. The van der Waals surface area contributed by atoms with Gasteiger partial charge in [-0.3, -0.25) is 4.98 Å². The van der Waals surface area contributed by atoms with Crippen LogP contribution < -0.4 is 5.69 Å². The van der Waals surface area contributed by atoms with Crippen molar-refractivity contribution in [2.24, 2.45) is 0 Å². The minimum Gasteiger partial charge on any atom is -0.345 e. The van der Waals surface area contributed by atoms with Gasteiger partial charge in [0, 0.05) is 17.3 Å². The van der Waals surface area contributed by atoms with Gasteiger partial charge in [0.1, 0.15) is 5.65 Å². The number of fused-ring (bicyclic) bond motifs is 1. The van der Waals surface area contributed by atoms with E-state index in [1.165, 1.54) is 0 Å². The summed E-state index contributed by atoms with van der Waals surface area (Å²) in [6, 6.07) is 1.93. The van der Waals surface area contributed by atoms with Crippen LogP contribution in [0.1, 0.15) is 33.4 Å². The molecule has 2 aromatic heterocycles. The van der Waals surface area contributed by atoms with Crippen LogP contribution in [0.4, 0.5) is 0 Å². The molecule has 0 aromatic carbocycles. The zero-order valence-electron chi connectivity index (χ0n) is 10.0. The monoisotopic (exact) mass is 209 g/mol. The third-order valence-corrected chi connectivity index (χ3v) is 1.54. The Kier molecular flexibility index (Phi) is 6.09. The Balaban J connectivity index is 0.000000442. The molecule has 4 nitrogen and oxygen atoms in total.